The van der Waals surface area contributed by atoms with Gasteiger partial charge in [-0.05, 0) is 43.2 Å². The van der Waals surface area contributed by atoms with Gasteiger partial charge >= 0.3 is 0 Å². The maximum absolute atomic E-state index is 11.7. The molecule has 0 aliphatic heterocycles. The molecule has 0 unspecified atom stereocenters. The zero-order valence-electron chi connectivity index (χ0n) is 14.0. The Bertz CT molecular complexity index is 700. The molecular formula is C19H21ClN2O3. The van der Waals surface area contributed by atoms with E-state index in [1.165, 1.54) is 0 Å². The lowest BCUT2D eigenvalue weighted by Crippen LogP contribution is -2.39. The van der Waals surface area contributed by atoms with Gasteiger partial charge < -0.3 is 15.4 Å². The summed E-state index contributed by atoms with van der Waals surface area (Å²) in [6.07, 6.45) is 0.702. The van der Waals surface area contributed by atoms with Crippen LogP contribution in [0.15, 0.2) is 48.5 Å². The normalized spacial score (nSPS) is 10.2. The fraction of sp³-hybridized carbons (Fsp3) is 0.263. The van der Waals surface area contributed by atoms with E-state index in [1.807, 2.05) is 43.3 Å². The second-order valence-corrected chi connectivity index (χ2v) is 6.04. The number of halogens is 1. The summed E-state index contributed by atoms with van der Waals surface area (Å²) in [7, 11) is 0. The van der Waals surface area contributed by atoms with E-state index in [-0.39, 0.29) is 25.0 Å². The van der Waals surface area contributed by atoms with E-state index in [1.54, 1.807) is 12.1 Å². The number of amides is 2. The third-order valence-electron chi connectivity index (χ3n) is 3.49. The van der Waals surface area contributed by atoms with Crippen LogP contribution in [-0.2, 0) is 16.0 Å². The molecule has 2 aromatic carbocycles. The maximum Gasteiger partial charge on any atom is 0.258 e. The van der Waals surface area contributed by atoms with Gasteiger partial charge in [-0.3, -0.25) is 9.59 Å². The van der Waals surface area contributed by atoms with Crippen LogP contribution >= 0.6 is 11.6 Å². The van der Waals surface area contributed by atoms with Crippen molar-refractivity contribution >= 4 is 23.4 Å². The summed E-state index contributed by atoms with van der Waals surface area (Å²) in [4.78, 5) is 23.4. The van der Waals surface area contributed by atoms with Crippen LogP contribution in [0.3, 0.4) is 0 Å². The lowest BCUT2D eigenvalue weighted by atomic mass is 10.1. The first-order valence-corrected chi connectivity index (χ1v) is 8.38. The smallest absolute Gasteiger partial charge is 0.258 e. The van der Waals surface area contributed by atoms with E-state index in [0.29, 0.717) is 23.7 Å². The molecule has 2 aromatic rings. The summed E-state index contributed by atoms with van der Waals surface area (Å²) < 4.78 is 5.35. The number of carbonyl (C=O) groups excluding carboxylic acids is 2. The number of ether oxygens (including phenoxy) is 1. The summed E-state index contributed by atoms with van der Waals surface area (Å²) in [5.41, 5.74) is 2.20. The molecule has 0 saturated carbocycles. The fourth-order valence-corrected chi connectivity index (χ4v) is 2.20. The van der Waals surface area contributed by atoms with Crippen molar-refractivity contribution in [3.05, 3.63) is 64.7 Å². The van der Waals surface area contributed by atoms with Gasteiger partial charge in [0.2, 0.25) is 5.91 Å². The van der Waals surface area contributed by atoms with Gasteiger partial charge in [-0.25, -0.2) is 0 Å². The Labute approximate surface area is 152 Å². The first-order chi connectivity index (χ1) is 12.0. The van der Waals surface area contributed by atoms with Crippen LogP contribution in [0.4, 0.5) is 0 Å². The van der Waals surface area contributed by atoms with Crippen molar-refractivity contribution in [2.75, 3.05) is 19.7 Å². The average Bonchev–Trinajstić information content (AvgIpc) is 2.61. The summed E-state index contributed by atoms with van der Waals surface area (Å²) in [6.45, 7) is 2.27. The number of benzene rings is 2. The minimum atomic E-state index is -0.339. The molecule has 0 heterocycles. The Balaban J connectivity index is 1.59. The molecule has 2 amide bonds. The minimum Gasteiger partial charge on any atom is -0.484 e. The number of aryl methyl sites for hydroxylation is 1. The van der Waals surface area contributed by atoms with Crippen LogP contribution < -0.4 is 15.4 Å². The highest BCUT2D eigenvalue weighted by Crippen LogP contribution is 2.11. The third kappa shape index (κ3) is 7.27. The van der Waals surface area contributed by atoms with Crippen LogP contribution in [0.2, 0.25) is 5.02 Å². The minimum absolute atomic E-state index is 0.0727. The van der Waals surface area contributed by atoms with Crippen LogP contribution in [0.25, 0.3) is 0 Å². The highest BCUT2D eigenvalue weighted by atomic mass is 35.5. The molecular weight excluding hydrogens is 340 g/mol. The van der Waals surface area contributed by atoms with Crippen molar-refractivity contribution in [1.82, 2.24) is 10.6 Å². The van der Waals surface area contributed by atoms with Gasteiger partial charge in [-0.15, -0.1) is 0 Å². The van der Waals surface area contributed by atoms with Gasteiger partial charge in [-0.2, -0.15) is 0 Å². The fourth-order valence-electron chi connectivity index (χ4n) is 2.07. The van der Waals surface area contributed by atoms with Crippen molar-refractivity contribution in [2.24, 2.45) is 0 Å². The van der Waals surface area contributed by atoms with Crippen LogP contribution in [0.1, 0.15) is 11.1 Å². The number of hydrogen-bond acceptors (Lipinski definition) is 3. The lowest BCUT2D eigenvalue weighted by Gasteiger charge is -2.08. The van der Waals surface area contributed by atoms with Gasteiger partial charge in [0, 0.05) is 11.6 Å². The molecule has 0 aliphatic carbocycles. The van der Waals surface area contributed by atoms with E-state index in [4.69, 9.17) is 16.3 Å². The Kier molecular flexibility index (Phi) is 7.29. The zero-order chi connectivity index (χ0) is 18.1. The van der Waals surface area contributed by atoms with Gasteiger partial charge in [0.15, 0.2) is 6.61 Å². The molecule has 0 spiro atoms. The van der Waals surface area contributed by atoms with Crippen molar-refractivity contribution in [2.45, 2.75) is 13.3 Å². The van der Waals surface area contributed by atoms with Gasteiger partial charge in [0.1, 0.15) is 5.75 Å². The third-order valence-corrected chi connectivity index (χ3v) is 3.74. The Morgan fingerprint density at radius 3 is 2.32 bits per heavy atom. The molecule has 0 aromatic heterocycles. The Hall–Kier alpha value is -2.53. The standard InChI is InChI=1S/C19H21ClN2O3/c1-14-2-8-17(9-3-14)25-13-19(24)22-12-18(23)21-11-10-15-4-6-16(20)7-5-15/h2-9H,10-13H2,1H3,(H,21,23)(H,22,24). The van der Waals surface area contributed by atoms with E-state index in [2.05, 4.69) is 10.6 Å². The lowest BCUT2D eigenvalue weighted by molar-refractivity contribution is -0.127. The van der Waals surface area contributed by atoms with Crippen molar-refractivity contribution in [1.29, 1.82) is 0 Å². The Morgan fingerprint density at radius 2 is 1.64 bits per heavy atom. The predicted molar refractivity (Wildman–Crippen MR) is 97.8 cm³/mol. The second-order valence-electron chi connectivity index (χ2n) is 5.60. The maximum atomic E-state index is 11.7. The van der Waals surface area contributed by atoms with Crippen molar-refractivity contribution < 1.29 is 14.3 Å². The summed E-state index contributed by atoms with van der Waals surface area (Å²) in [5, 5.41) is 5.96. The Morgan fingerprint density at radius 1 is 0.960 bits per heavy atom. The number of rotatable bonds is 8. The molecule has 0 bridgehead atoms. The van der Waals surface area contributed by atoms with Crippen molar-refractivity contribution in [3.8, 4) is 5.75 Å². The second kappa shape index (κ2) is 9.69. The van der Waals surface area contributed by atoms with E-state index in [0.717, 1.165) is 11.1 Å². The van der Waals surface area contributed by atoms with Gasteiger partial charge in [0.25, 0.3) is 5.91 Å². The first kappa shape index (κ1) is 18.8. The molecule has 0 fully saturated rings. The van der Waals surface area contributed by atoms with Crippen LogP contribution in [0.5, 0.6) is 5.75 Å². The monoisotopic (exact) mass is 360 g/mol. The van der Waals surface area contributed by atoms with Crippen molar-refractivity contribution in [3.63, 3.8) is 0 Å². The highest BCUT2D eigenvalue weighted by molar-refractivity contribution is 6.30. The molecule has 132 valence electrons. The van der Waals surface area contributed by atoms with Gasteiger partial charge in [0.05, 0.1) is 6.54 Å². The average molecular weight is 361 g/mol. The van der Waals surface area contributed by atoms with E-state index in [9.17, 15) is 9.59 Å². The molecule has 6 heteroatoms. The summed E-state index contributed by atoms with van der Waals surface area (Å²) in [6, 6.07) is 14.9. The molecule has 2 rings (SSSR count). The highest BCUT2D eigenvalue weighted by Gasteiger charge is 2.06. The molecule has 0 aliphatic rings. The molecule has 0 atom stereocenters. The number of hydrogen-bond donors (Lipinski definition) is 2. The van der Waals surface area contributed by atoms with E-state index >= 15 is 0 Å². The number of carbonyl (C=O) groups is 2. The van der Waals surface area contributed by atoms with Gasteiger partial charge in [-0.1, -0.05) is 41.4 Å². The SMILES string of the molecule is Cc1ccc(OCC(=O)NCC(=O)NCCc2ccc(Cl)cc2)cc1. The van der Waals surface area contributed by atoms with E-state index < -0.39 is 0 Å². The summed E-state index contributed by atoms with van der Waals surface area (Å²) in [5.74, 6) is 0.0410. The predicted octanol–water partition coefficient (Wildman–Crippen LogP) is 2.50. The van der Waals surface area contributed by atoms with Crippen LogP contribution in [-0.4, -0.2) is 31.5 Å². The largest absolute Gasteiger partial charge is 0.484 e. The van der Waals surface area contributed by atoms with Crippen LogP contribution in [0, 0.1) is 6.92 Å². The zero-order valence-corrected chi connectivity index (χ0v) is 14.8. The number of nitrogens with one attached hydrogen (secondary N) is 2. The topological polar surface area (TPSA) is 67.4 Å². The molecule has 0 saturated heterocycles. The molecule has 25 heavy (non-hydrogen) atoms. The first-order valence-electron chi connectivity index (χ1n) is 8.00. The quantitative estimate of drug-likeness (QED) is 0.760. The molecule has 2 N–H and O–H groups in total. The molecule has 0 radical (unpaired) electrons. The molecule has 5 nitrogen and oxygen atoms in total. The summed E-state index contributed by atoms with van der Waals surface area (Å²) >= 11 is 5.82.